The summed E-state index contributed by atoms with van der Waals surface area (Å²) in [6.45, 7) is 0.372. The smallest absolute Gasteiger partial charge is 0.258 e. The second-order valence-electron chi connectivity index (χ2n) is 4.13. The Labute approximate surface area is 110 Å². The van der Waals surface area contributed by atoms with Gasteiger partial charge in [-0.25, -0.2) is 4.98 Å². The Bertz CT molecular complexity index is 572. The monoisotopic (exact) mass is 261 g/mol. The number of carbonyl (C=O) groups excluding carboxylic acids is 1. The van der Waals surface area contributed by atoms with Crippen molar-refractivity contribution in [2.24, 2.45) is 7.05 Å². The van der Waals surface area contributed by atoms with Crippen molar-refractivity contribution in [1.82, 2.24) is 14.9 Å². The number of imidazole rings is 1. The van der Waals surface area contributed by atoms with Crippen LogP contribution in [0.25, 0.3) is 0 Å². The number of carbonyl (C=O) groups is 1. The van der Waals surface area contributed by atoms with Crippen LogP contribution in [0.5, 0.6) is 11.5 Å². The zero-order chi connectivity index (χ0) is 13.8. The Kier molecular flexibility index (Phi) is 3.70. The minimum atomic E-state index is -0.509. The van der Waals surface area contributed by atoms with Gasteiger partial charge in [-0.1, -0.05) is 6.07 Å². The summed E-state index contributed by atoms with van der Waals surface area (Å²) in [6, 6.07) is 4.18. The van der Waals surface area contributed by atoms with Crippen molar-refractivity contribution in [3.8, 4) is 11.5 Å². The maximum Gasteiger partial charge on any atom is 0.258 e. The van der Waals surface area contributed by atoms with E-state index in [1.54, 1.807) is 6.20 Å². The van der Waals surface area contributed by atoms with Gasteiger partial charge in [-0.15, -0.1) is 0 Å². The van der Waals surface area contributed by atoms with Crippen LogP contribution in [0.2, 0.25) is 0 Å². The Morgan fingerprint density at radius 3 is 2.63 bits per heavy atom. The topological polar surface area (TPSA) is 87.4 Å². The molecule has 1 heterocycles. The third-order valence-corrected chi connectivity index (χ3v) is 2.80. The number of nitrogens with one attached hydrogen (secondary N) is 1. The number of amides is 1. The van der Waals surface area contributed by atoms with Crippen molar-refractivity contribution in [1.29, 1.82) is 0 Å². The minimum absolute atomic E-state index is 0.109. The highest BCUT2D eigenvalue weighted by Crippen LogP contribution is 2.25. The number of hydrogen-bond donors (Lipinski definition) is 3. The first kappa shape index (κ1) is 12.9. The zero-order valence-corrected chi connectivity index (χ0v) is 10.5. The lowest BCUT2D eigenvalue weighted by atomic mass is 10.1. The second kappa shape index (κ2) is 5.43. The lowest BCUT2D eigenvalue weighted by molar-refractivity contribution is 0.0948. The number of rotatable bonds is 4. The van der Waals surface area contributed by atoms with E-state index in [0.29, 0.717) is 13.0 Å². The van der Waals surface area contributed by atoms with E-state index in [1.165, 1.54) is 18.2 Å². The highest BCUT2D eigenvalue weighted by Gasteiger charge is 2.15. The first-order chi connectivity index (χ1) is 9.09. The van der Waals surface area contributed by atoms with E-state index >= 15 is 0 Å². The molecule has 0 radical (unpaired) electrons. The normalized spacial score (nSPS) is 10.4. The van der Waals surface area contributed by atoms with Gasteiger partial charge in [0.1, 0.15) is 22.9 Å². The highest BCUT2D eigenvalue weighted by atomic mass is 16.3. The maximum atomic E-state index is 11.8. The number of aromatic nitrogens is 2. The fourth-order valence-electron chi connectivity index (χ4n) is 1.77. The van der Waals surface area contributed by atoms with E-state index in [9.17, 15) is 15.0 Å². The molecule has 0 saturated carbocycles. The third kappa shape index (κ3) is 2.85. The number of aryl methyl sites for hydroxylation is 1. The largest absolute Gasteiger partial charge is 0.507 e. The second-order valence-corrected chi connectivity index (χ2v) is 4.13. The molecule has 0 fully saturated rings. The van der Waals surface area contributed by atoms with Crippen LogP contribution in [-0.4, -0.2) is 32.2 Å². The fourth-order valence-corrected chi connectivity index (χ4v) is 1.77. The number of phenols is 2. The van der Waals surface area contributed by atoms with Gasteiger partial charge in [-0.05, 0) is 12.1 Å². The fraction of sp³-hybridized carbons (Fsp3) is 0.231. The molecule has 1 aromatic heterocycles. The lowest BCUT2D eigenvalue weighted by Gasteiger charge is -2.08. The SMILES string of the molecule is Cn1ccnc1CCNC(=O)c1c(O)cccc1O. The Morgan fingerprint density at radius 1 is 1.37 bits per heavy atom. The predicted octanol–water partition coefficient (Wildman–Crippen LogP) is 0.804. The van der Waals surface area contributed by atoms with Crippen LogP contribution in [0.4, 0.5) is 0 Å². The molecule has 1 amide bonds. The van der Waals surface area contributed by atoms with Gasteiger partial charge < -0.3 is 20.1 Å². The Morgan fingerprint density at radius 2 is 2.05 bits per heavy atom. The summed E-state index contributed by atoms with van der Waals surface area (Å²) >= 11 is 0. The van der Waals surface area contributed by atoms with Crippen molar-refractivity contribution < 1.29 is 15.0 Å². The van der Waals surface area contributed by atoms with Gasteiger partial charge >= 0.3 is 0 Å². The lowest BCUT2D eigenvalue weighted by Crippen LogP contribution is -2.26. The van der Waals surface area contributed by atoms with Crippen molar-refractivity contribution >= 4 is 5.91 Å². The highest BCUT2D eigenvalue weighted by molar-refractivity contribution is 5.99. The van der Waals surface area contributed by atoms with E-state index in [4.69, 9.17) is 0 Å². The number of nitrogens with zero attached hydrogens (tertiary/aromatic N) is 2. The molecule has 0 aliphatic heterocycles. The number of phenolic OH excluding ortho intramolecular Hbond substituents is 2. The maximum absolute atomic E-state index is 11.8. The molecule has 0 bridgehead atoms. The van der Waals surface area contributed by atoms with Crippen LogP contribution < -0.4 is 5.32 Å². The molecule has 0 aliphatic rings. The summed E-state index contributed by atoms with van der Waals surface area (Å²) < 4.78 is 1.86. The van der Waals surface area contributed by atoms with E-state index in [-0.39, 0.29) is 17.1 Å². The van der Waals surface area contributed by atoms with Crippen LogP contribution in [0, 0.1) is 0 Å². The first-order valence-electron chi connectivity index (χ1n) is 5.85. The van der Waals surface area contributed by atoms with Crippen LogP contribution in [-0.2, 0) is 13.5 Å². The molecule has 0 spiro atoms. The quantitative estimate of drug-likeness (QED) is 0.759. The van der Waals surface area contributed by atoms with Gasteiger partial charge in [0.2, 0.25) is 0 Å². The predicted molar refractivity (Wildman–Crippen MR) is 69.0 cm³/mol. The first-order valence-corrected chi connectivity index (χ1v) is 5.85. The Hall–Kier alpha value is -2.50. The van der Waals surface area contributed by atoms with E-state index in [1.807, 2.05) is 17.8 Å². The summed E-state index contributed by atoms with van der Waals surface area (Å²) in [4.78, 5) is 16.0. The molecule has 6 heteroatoms. The summed E-state index contributed by atoms with van der Waals surface area (Å²) in [5.41, 5.74) is -0.109. The van der Waals surface area contributed by atoms with E-state index in [2.05, 4.69) is 10.3 Å². The molecule has 1 aromatic carbocycles. The van der Waals surface area contributed by atoms with Crippen molar-refractivity contribution in [3.05, 3.63) is 42.0 Å². The molecule has 3 N–H and O–H groups in total. The molecule has 0 aliphatic carbocycles. The average Bonchev–Trinajstić information content (AvgIpc) is 2.75. The molecule has 19 heavy (non-hydrogen) atoms. The van der Waals surface area contributed by atoms with Crippen molar-refractivity contribution in [2.45, 2.75) is 6.42 Å². The summed E-state index contributed by atoms with van der Waals surface area (Å²) in [5.74, 6) is -0.143. The summed E-state index contributed by atoms with van der Waals surface area (Å²) in [5, 5.41) is 21.7. The molecule has 2 rings (SSSR count). The van der Waals surface area contributed by atoms with Gasteiger partial charge in [-0.2, -0.15) is 0 Å². The molecule has 0 unspecified atom stereocenters. The summed E-state index contributed by atoms with van der Waals surface area (Å²) in [7, 11) is 1.87. The van der Waals surface area contributed by atoms with E-state index < -0.39 is 5.91 Å². The zero-order valence-electron chi connectivity index (χ0n) is 10.5. The van der Waals surface area contributed by atoms with E-state index in [0.717, 1.165) is 5.82 Å². The van der Waals surface area contributed by atoms with Gasteiger partial charge in [0.15, 0.2) is 0 Å². The molecular weight excluding hydrogens is 246 g/mol. The minimum Gasteiger partial charge on any atom is -0.507 e. The third-order valence-electron chi connectivity index (χ3n) is 2.80. The van der Waals surface area contributed by atoms with Gasteiger partial charge in [0.25, 0.3) is 5.91 Å². The molecule has 0 atom stereocenters. The van der Waals surface area contributed by atoms with Gasteiger partial charge in [0.05, 0.1) is 0 Å². The molecule has 2 aromatic rings. The van der Waals surface area contributed by atoms with Crippen molar-refractivity contribution in [3.63, 3.8) is 0 Å². The number of aromatic hydroxyl groups is 2. The van der Waals surface area contributed by atoms with Crippen LogP contribution in [0.1, 0.15) is 16.2 Å². The van der Waals surface area contributed by atoms with Crippen LogP contribution in [0.15, 0.2) is 30.6 Å². The average molecular weight is 261 g/mol. The van der Waals surface area contributed by atoms with Crippen molar-refractivity contribution in [2.75, 3.05) is 6.54 Å². The van der Waals surface area contributed by atoms with Crippen LogP contribution >= 0.6 is 0 Å². The Balaban J connectivity index is 1.97. The molecule has 100 valence electrons. The molecule has 6 nitrogen and oxygen atoms in total. The van der Waals surface area contributed by atoms with Gasteiger partial charge in [-0.3, -0.25) is 4.79 Å². The number of benzene rings is 1. The molecular formula is C13H15N3O3. The van der Waals surface area contributed by atoms with Crippen LogP contribution in [0.3, 0.4) is 0 Å². The summed E-state index contributed by atoms with van der Waals surface area (Å²) in [6.07, 6.45) is 4.08. The standard InChI is InChI=1S/C13H15N3O3/c1-16-8-7-14-11(16)5-6-15-13(19)12-9(17)3-2-4-10(12)18/h2-4,7-8,17-18H,5-6H2,1H3,(H,15,19). The molecule has 0 saturated heterocycles. The number of hydrogen-bond acceptors (Lipinski definition) is 4. The van der Waals surface area contributed by atoms with Gasteiger partial charge in [0, 0.05) is 32.4 Å².